The molecule has 0 amide bonds. The van der Waals surface area contributed by atoms with Crippen molar-refractivity contribution in [2.45, 2.75) is 322 Å². The minimum atomic E-state index is -0.816. The molecular weight excluding hydrogens is 973 g/mol. The normalized spacial score (nSPS) is 12.8. The van der Waals surface area contributed by atoms with Crippen molar-refractivity contribution >= 4 is 17.9 Å². The van der Waals surface area contributed by atoms with Crippen LogP contribution in [-0.4, -0.2) is 37.2 Å². The van der Waals surface area contributed by atoms with Crippen LogP contribution in [0, 0.1) is 0 Å². The summed E-state index contributed by atoms with van der Waals surface area (Å²) in [5, 5.41) is 0. The fourth-order valence-electron chi connectivity index (χ4n) is 9.26. The molecule has 0 saturated heterocycles. The highest BCUT2D eigenvalue weighted by Crippen LogP contribution is 2.16. The Morgan fingerprint density at radius 1 is 0.266 bits per heavy atom. The van der Waals surface area contributed by atoms with E-state index in [9.17, 15) is 14.4 Å². The summed E-state index contributed by atoms with van der Waals surface area (Å²) < 4.78 is 16.8. The van der Waals surface area contributed by atoms with Crippen LogP contribution in [0.1, 0.15) is 316 Å². The lowest BCUT2D eigenvalue weighted by atomic mass is 10.0. The molecule has 0 bridgehead atoms. The van der Waals surface area contributed by atoms with Gasteiger partial charge < -0.3 is 14.2 Å². The predicted molar refractivity (Wildman–Crippen MR) is 343 cm³/mol. The number of esters is 3. The van der Waals surface area contributed by atoms with Crippen LogP contribution in [0.4, 0.5) is 0 Å². The zero-order chi connectivity index (χ0) is 57.1. The number of unbranched alkanes of at least 4 members (excludes halogenated alkanes) is 31. The van der Waals surface area contributed by atoms with Crippen LogP contribution in [0.3, 0.4) is 0 Å². The van der Waals surface area contributed by atoms with Crippen molar-refractivity contribution < 1.29 is 28.6 Å². The van der Waals surface area contributed by atoms with Crippen molar-refractivity contribution in [3.05, 3.63) is 109 Å². The monoisotopic (exact) mass is 1100 g/mol. The summed E-state index contributed by atoms with van der Waals surface area (Å²) in [5.74, 6) is -0.995. The Labute approximate surface area is 489 Å². The number of carbonyl (C=O) groups excluding carboxylic acids is 3. The molecule has 1 atom stereocenters. The Morgan fingerprint density at radius 3 is 0.873 bits per heavy atom. The fraction of sp³-hybridized carbons (Fsp3) is 0.712. The third kappa shape index (κ3) is 64.8. The molecule has 0 aromatic rings. The fourth-order valence-corrected chi connectivity index (χ4v) is 9.26. The van der Waals surface area contributed by atoms with Crippen molar-refractivity contribution in [3.8, 4) is 0 Å². The number of hydrogen-bond acceptors (Lipinski definition) is 6. The van der Waals surface area contributed by atoms with E-state index in [4.69, 9.17) is 14.2 Å². The van der Waals surface area contributed by atoms with Gasteiger partial charge in [0.05, 0.1) is 0 Å². The molecule has 0 fully saturated rings. The molecule has 0 aliphatic carbocycles. The van der Waals surface area contributed by atoms with Gasteiger partial charge in [-0.2, -0.15) is 0 Å². The molecule has 6 heteroatoms. The molecule has 0 radical (unpaired) electrons. The highest BCUT2D eigenvalue weighted by molar-refractivity contribution is 5.71. The zero-order valence-electron chi connectivity index (χ0n) is 51.9. The maximum Gasteiger partial charge on any atom is 0.306 e. The van der Waals surface area contributed by atoms with Crippen molar-refractivity contribution in [3.63, 3.8) is 0 Å². The van der Waals surface area contributed by atoms with Gasteiger partial charge in [-0.1, -0.05) is 291 Å². The number of ether oxygens (including phenoxy) is 3. The van der Waals surface area contributed by atoms with E-state index in [1.165, 1.54) is 173 Å². The Balaban J connectivity index is 4.29. The van der Waals surface area contributed by atoms with Gasteiger partial charge in [0, 0.05) is 19.3 Å². The number of allylic oxidation sites excluding steroid dienone is 18. The molecule has 0 spiro atoms. The van der Waals surface area contributed by atoms with Crippen LogP contribution < -0.4 is 0 Å². The van der Waals surface area contributed by atoms with Crippen molar-refractivity contribution in [1.82, 2.24) is 0 Å². The SMILES string of the molecule is CC/C=C\C/C=C\C/C=C\C/C=C\CCC(=O)OCC(COC(=O)CCCCCCCCCCCCCCCCCCC/C=C\C/C=C\CCCCCCC)OC(=O)CCCCCCCC/C=C\C/C=C\C/C=C\CCCCC. The van der Waals surface area contributed by atoms with E-state index in [0.717, 1.165) is 96.3 Å². The van der Waals surface area contributed by atoms with Gasteiger partial charge in [0.25, 0.3) is 0 Å². The van der Waals surface area contributed by atoms with Gasteiger partial charge in [0.15, 0.2) is 6.10 Å². The third-order valence-electron chi connectivity index (χ3n) is 14.2. The van der Waals surface area contributed by atoms with E-state index < -0.39 is 6.10 Å². The standard InChI is InChI=1S/C73H124O6/c1-4-7-10-13-16-19-22-25-27-29-31-32-33-34-35-36-37-38-39-40-42-43-45-48-51-54-57-60-63-66-72(75)78-69-70(68-77-71(74)65-62-59-56-53-50-47-24-21-18-15-12-9-6-3)79-73(76)67-64-61-58-55-52-49-46-44-41-30-28-26-23-20-17-14-11-8-5-2/h9,12,17-18,20-22,25-26,28-29,31,41,44,47,50,56,59,70H,4-8,10-11,13-16,19,23-24,27,30,32-40,42-43,45-46,48-49,51-55,57-58,60-69H2,1-3H3/b12-9-,20-17-,21-18-,25-22-,28-26-,31-29-,44-41-,50-47-,59-56-. The molecule has 6 nitrogen and oxygen atoms in total. The number of hydrogen-bond donors (Lipinski definition) is 0. The molecule has 0 aromatic carbocycles. The van der Waals surface area contributed by atoms with E-state index in [2.05, 4.69) is 124 Å². The lowest BCUT2D eigenvalue weighted by molar-refractivity contribution is -0.166. The van der Waals surface area contributed by atoms with Crippen LogP contribution in [0.25, 0.3) is 0 Å². The zero-order valence-corrected chi connectivity index (χ0v) is 51.9. The summed E-state index contributed by atoms with van der Waals surface area (Å²) in [6, 6.07) is 0. The van der Waals surface area contributed by atoms with Crippen LogP contribution >= 0.6 is 0 Å². The molecule has 0 N–H and O–H groups in total. The van der Waals surface area contributed by atoms with Gasteiger partial charge in [-0.15, -0.1) is 0 Å². The molecule has 0 saturated carbocycles. The van der Waals surface area contributed by atoms with E-state index >= 15 is 0 Å². The lowest BCUT2D eigenvalue weighted by Crippen LogP contribution is -2.30. The van der Waals surface area contributed by atoms with Crippen LogP contribution in [0.2, 0.25) is 0 Å². The topological polar surface area (TPSA) is 78.9 Å². The Morgan fingerprint density at radius 2 is 0.519 bits per heavy atom. The molecule has 1 unspecified atom stereocenters. The predicted octanol–water partition coefficient (Wildman–Crippen LogP) is 23.0. The average molecular weight is 1100 g/mol. The quantitative estimate of drug-likeness (QED) is 0.0261. The van der Waals surface area contributed by atoms with Crippen LogP contribution in [0.5, 0.6) is 0 Å². The maximum absolute atomic E-state index is 12.9. The highest BCUT2D eigenvalue weighted by atomic mass is 16.6. The molecule has 0 heterocycles. The van der Waals surface area contributed by atoms with Gasteiger partial charge in [-0.25, -0.2) is 0 Å². The first kappa shape index (κ1) is 75.1. The minimum absolute atomic E-state index is 0.105. The number of rotatable bonds is 60. The summed E-state index contributed by atoms with van der Waals surface area (Å²) in [7, 11) is 0. The summed E-state index contributed by atoms with van der Waals surface area (Å²) in [6.07, 6.45) is 91.3. The summed E-state index contributed by atoms with van der Waals surface area (Å²) in [4.78, 5) is 38.3. The first-order valence-corrected chi connectivity index (χ1v) is 33.4. The Hall–Kier alpha value is -3.93. The highest BCUT2D eigenvalue weighted by Gasteiger charge is 2.19. The Bertz CT molecular complexity index is 1590. The Kier molecular flexibility index (Phi) is 63.3. The van der Waals surface area contributed by atoms with Gasteiger partial charge in [-0.3, -0.25) is 14.4 Å². The minimum Gasteiger partial charge on any atom is -0.462 e. The van der Waals surface area contributed by atoms with Crippen LogP contribution in [-0.2, 0) is 28.6 Å². The second kappa shape index (κ2) is 66.6. The third-order valence-corrected chi connectivity index (χ3v) is 14.2. The molecular formula is C73H124O6. The van der Waals surface area contributed by atoms with Gasteiger partial charge >= 0.3 is 17.9 Å². The van der Waals surface area contributed by atoms with Crippen LogP contribution in [0.15, 0.2) is 109 Å². The van der Waals surface area contributed by atoms with Gasteiger partial charge in [0.2, 0.25) is 0 Å². The molecule has 79 heavy (non-hydrogen) atoms. The van der Waals surface area contributed by atoms with Crippen molar-refractivity contribution in [1.29, 1.82) is 0 Å². The summed E-state index contributed by atoms with van der Waals surface area (Å²) in [5.41, 5.74) is 0. The molecule has 0 aliphatic heterocycles. The molecule has 0 aliphatic rings. The van der Waals surface area contributed by atoms with Crippen molar-refractivity contribution in [2.24, 2.45) is 0 Å². The lowest BCUT2D eigenvalue weighted by Gasteiger charge is -2.18. The van der Waals surface area contributed by atoms with E-state index in [1.807, 2.05) is 6.08 Å². The van der Waals surface area contributed by atoms with E-state index in [-0.39, 0.29) is 37.5 Å². The van der Waals surface area contributed by atoms with Gasteiger partial charge in [0.1, 0.15) is 13.2 Å². The second-order valence-electron chi connectivity index (χ2n) is 22.0. The largest absolute Gasteiger partial charge is 0.462 e. The summed E-state index contributed by atoms with van der Waals surface area (Å²) >= 11 is 0. The van der Waals surface area contributed by atoms with E-state index in [0.29, 0.717) is 19.3 Å². The molecule has 0 aromatic heterocycles. The maximum atomic E-state index is 12.9. The smallest absolute Gasteiger partial charge is 0.306 e. The molecule has 0 rings (SSSR count). The average Bonchev–Trinajstić information content (AvgIpc) is 3.45. The van der Waals surface area contributed by atoms with Gasteiger partial charge in [-0.05, 0) is 116 Å². The summed E-state index contributed by atoms with van der Waals surface area (Å²) in [6.45, 7) is 6.44. The first-order valence-electron chi connectivity index (χ1n) is 33.4. The molecule has 452 valence electrons. The van der Waals surface area contributed by atoms with E-state index in [1.54, 1.807) is 0 Å². The number of carbonyl (C=O) groups is 3. The van der Waals surface area contributed by atoms with Crippen molar-refractivity contribution in [2.75, 3.05) is 13.2 Å². The first-order chi connectivity index (χ1) is 39.0. The second-order valence-corrected chi connectivity index (χ2v) is 22.0.